The van der Waals surface area contributed by atoms with E-state index >= 15 is 4.39 Å². The summed E-state index contributed by atoms with van der Waals surface area (Å²) in [5, 5.41) is 3.03. The first-order valence-electron chi connectivity index (χ1n) is 13.4. The lowest BCUT2D eigenvalue weighted by atomic mass is 10.1. The third-order valence-electron chi connectivity index (χ3n) is 8.33. The summed E-state index contributed by atoms with van der Waals surface area (Å²) in [5.41, 5.74) is 1.92. The highest BCUT2D eigenvalue weighted by Gasteiger charge is 2.38. The van der Waals surface area contributed by atoms with E-state index < -0.39 is 24.4 Å². The van der Waals surface area contributed by atoms with Crippen LogP contribution in [0.4, 0.5) is 24.9 Å². The van der Waals surface area contributed by atoms with Crippen molar-refractivity contribution in [1.29, 1.82) is 0 Å². The molecular formula is C28H29F3N8. The number of nitrogens with one attached hydrogen (secondary N) is 1. The molecule has 3 aromatic heterocycles. The maximum Gasteiger partial charge on any atom is 0.229 e. The highest BCUT2D eigenvalue weighted by molar-refractivity contribution is 5.83. The fourth-order valence-electron chi connectivity index (χ4n) is 6.50. The van der Waals surface area contributed by atoms with Crippen LogP contribution in [0.25, 0.3) is 22.3 Å². The summed E-state index contributed by atoms with van der Waals surface area (Å²) in [5.74, 6) is 0.0281. The van der Waals surface area contributed by atoms with Gasteiger partial charge in [0.05, 0.1) is 17.8 Å². The number of likely N-dealkylation sites (N-methyl/N-ethyl adjacent to an activating group) is 1. The number of hydrogen-bond donors (Lipinski definition) is 1. The van der Waals surface area contributed by atoms with Gasteiger partial charge in [-0.05, 0) is 50.1 Å². The zero-order valence-electron chi connectivity index (χ0n) is 21.6. The number of likely N-dealkylation sites (tertiary alicyclic amines) is 1. The highest BCUT2D eigenvalue weighted by Crippen LogP contribution is 2.35. The molecule has 3 atom stereocenters. The Hall–Kier alpha value is -3.57. The average Bonchev–Trinajstić information content (AvgIpc) is 3.57. The van der Waals surface area contributed by atoms with E-state index in [-0.39, 0.29) is 22.7 Å². The zero-order chi connectivity index (χ0) is 26.7. The zero-order valence-corrected chi connectivity index (χ0v) is 21.6. The molecule has 0 saturated carbocycles. The quantitative estimate of drug-likeness (QED) is 0.386. The molecule has 1 aromatic carbocycles. The number of nitrogens with zero attached hydrogens (tertiary/aromatic N) is 7. The van der Waals surface area contributed by atoms with Crippen LogP contribution in [-0.2, 0) is 13.0 Å². The Balaban J connectivity index is 1.12. The van der Waals surface area contributed by atoms with Crippen molar-refractivity contribution in [3.63, 3.8) is 0 Å². The van der Waals surface area contributed by atoms with E-state index in [9.17, 15) is 8.78 Å². The molecule has 3 aliphatic rings. The first-order valence-corrected chi connectivity index (χ1v) is 13.4. The molecule has 11 heteroatoms. The Kier molecular flexibility index (Phi) is 6.00. The van der Waals surface area contributed by atoms with Crippen LogP contribution in [-0.4, -0.2) is 73.2 Å². The van der Waals surface area contributed by atoms with E-state index in [1.165, 1.54) is 18.9 Å². The normalized spacial score (nSPS) is 23.0. The number of pyridine rings is 1. The lowest BCUT2D eigenvalue weighted by Crippen LogP contribution is -2.51. The second-order valence-corrected chi connectivity index (χ2v) is 10.9. The Morgan fingerprint density at radius 2 is 1.79 bits per heavy atom. The Morgan fingerprint density at radius 3 is 2.54 bits per heavy atom. The van der Waals surface area contributed by atoms with E-state index in [0.29, 0.717) is 42.1 Å². The van der Waals surface area contributed by atoms with Crippen LogP contribution < -0.4 is 5.32 Å². The van der Waals surface area contributed by atoms with Gasteiger partial charge in [-0.2, -0.15) is 0 Å². The summed E-state index contributed by atoms with van der Waals surface area (Å²) in [4.78, 5) is 22.3. The number of piperazine rings is 1. The molecule has 3 aliphatic heterocycles. The molecule has 4 aromatic rings. The maximum atomic E-state index is 15.0. The molecule has 0 radical (unpaired) electrons. The van der Waals surface area contributed by atoms with Crippen LogP contribution in [0.2, 0.25) is 0 Å². The molecule has 1 N–H and O–H groups in total. The minimum absolute atomic E-state index is 0.0548. The van der Waals surface area contributed by atoms with Gasteiger partial charge in [0.2, 0.25) is 5.95 Å². The number of aryl methyl sites for hydroxylation is 1. The van der Waals surface area contributed by atoms with Gasteiger partial charge in [0, 0.05) is 49.9 Å². The molecule has 0 amide bonds. The van der Waals surface area contributed by atoms with Gasteiger partial charge in [-0.1, -0.05) is 6.07 Å². The van der Waals surface area contributed by atoms with Gasteiger partial charge in [-0.3, -0.25) is 4.90 Å². The summed E-state index contributed by atoms with van der Waals surface area (Å²) >= 11 is 0. The van der Waals surface area contributed by atoms with Crippen LogP contribution in [0.15, 0.2) is 36.7 Å². The molecule has 2 saturated heterocycles. The monoisotopic (exact) mass is 534 g/mol. The molecule has 202 valence electrons. The standard InChI is InChI=1S/C28H29F3N8/c1-37-14-19-3-4-20(15-37)38(19)13-16-2-6-24(32-11-16)34-28-33-12-22(31)26(36-28)17-8-21(30)27-23(9-17)39-18(10-29)5-7-25(39)35-27/h2,6,8-9,11-12,18-20H,3-5,7,10,13-15H2,1H3,(H,32,33,34,36)/t18-,19?,20?/m0/s1. The number of fused-ring (bicyclic) bond motifs is 5. The van der Waals surface area contributed by atoms with Crippen LogP contribution in [0.1, 0.15) is 36.7 Å². The highest BCUT2D eigenvalue weighted by atomic mass is 19.1. The molecule has 7 rings (SSSR count). The molecule has 2 unspecified atom stereocenters. The molecule has 2 fully saturated rings. The fraction of sp³-hybridized carbons (Fsp3) is 0.429. The van der Waals surface area contributed by atoms with Gasteiger partial charge in [0.1, 0.15) is 29.5 Å². The Bertz CT molecular complexity index is 1520. The van der Waals surface area contributed by atoms with Crippen LogP contribution in [0.3, 0.4) is 0 Å². The van der Waals surface area contributed by atoms with Crippen LogP contribution >= 0.6 is 0 Å². The number of hydrogen-bond acceptors (Lipinski definition) is 7. The topological polar surface area (TPSA) is 75.0 Å². The molecule has 8 nitrogen and oxygen atoms in total. The van der Waals surface area contributed by atoms with Crippen molar-refractivity contribution in [3.8, 4) is 11.3 Å². The number of imidazole rings is 1. The number of rotatable bonds is 6. The average molecular weight is 535 g/mol. The molecule has 2 bridgehead atoms. The van der Waals surface area contributed by atoms with Crippen molar-refractivity contribution in [2.45, 2.75) is 50.4 Å². The SMILES string of the molecule is CN1CC2CCC(C1)N2Cc1ccc(Nc2ncc(F)c(-c3cc(F)c4nc5n(c4c3)[C@H](CF)CC5)n2)nc1. The van der Waals surface area contributed by atoms with Crippen molar-refractivity contribution >= 4 is 22.8 Å². The third-order valence-corrected chi connectivity index (χ3v) is 8.33. The van der Waals surface area contributed by atoms with Gasteiger partial charge in [0.15, 0.2) is 11.6 Å². The molecular weight excluding hydrogens is 505 g/mol. The number of alkyl halides is 1. The minimum Gasteiger partial charge on any atom is -0.322 e. The predicted molar refractivity (Wildman–Crippen MR) is 141 cm³/mol. The van der Waals surface area contributed by atoms with Crippen molar-refractivity contribution < 1.29 is 13.2 Å². The molecule has 0 spiro atoms. The van der Waals surface area contributed by atoms with E-state index in [4.69, 9.17) is 0 Å². The van der Waals surface area contributed by atoms with Crippen molar-refractivity contribution in [1.82, 2.24) is 34.3 Å². The number of anilines is 2. The number of halogens is 3. The van der Waals surface area contributed by atoms with Gasteiger partial charge in [0.25, 0.3) is 0 Å². The summed E-state index contributed by atoms with van der Waals surface area (Å²) in [6.45, 7) is 2.50. The van der Waals surface area contributed by atoms with Crippen molar-refractivity contribution in [3.05, 3.63) is 59.7 Å². The first-order chi connectivity index (χ1) is 19.0. The summed E-state index contributed by atoms with van der Waals surface area (Å²) < 4.78 is 45.2. The second-order valence-electron chi connectivity index (χ2n) is 10.9. The fourth-order valence-corrected chi connectivity index (χ4v) is 6.50. The van der Waals surface area contributed by atoms with Crippen LogP contribution in [0, 0.1) is 11.6 Å². The first kappa shape index (κ1) is 24.5. The van der Waals surface area contributed by atoms with Crippen LogP contribution in [0.5, 0.6) is 0 Å². The lowest BCUT2D eigenvalue weighted by Gasteiger charge is -2.39. The molecule has 6 heterocycles. The summed E-state index contributed by atoms with van der Waals surface area (Å²) in [6.07, 6.45) is 6.56. The smallest absolute Gasteiger partial charge is 0.229 e. The van der Waals surface area contributed by atoms with Crippen molar-refractivity contribution in [2.75, 3.05) is 32.1 Å². The van der Waals surface area contributed by atoms with E-state index in [2.05, 4.69) is 42.1 Å². The Labute approximate surface area is 223 Å². The minimum atomic E-state index is -0.687. The second kappa shape index (κ2) is 9.56. The van der Waals surface area contributed by atoms with Gasteiger partial charge >= 0.3 is 0 Å². The van der Waals surface area contributed by atoms with E-state index in [0.717, 1.165) is 31.4 Å². The lowest BCUT2D eigenvalue weighted by molar-refractivity contribution is 0.0759. The summed E-state index contributed by atoms with van der Waals surface area (Å²) in [7, 11) is 2.19. The van der Waals surface area contributed by atoms with E-state index in [1.807, 2.05) is 18.3 Å². The molecule has 39 heavy (non-hydrogen) atoms. The summed E-state index contributed by atoms with van der Waals surface area (Å²) in [6, 6.07) is 7.51. The molecule has 0 aliphatic carbocycles. The van der Waals surface area contributed by atoms with Crippen molar-refractivity contribution in [2.24, 2.45) is 0 Å². The van der Waals surface area contributed by atoms with E-state index in [1.54, 1.807) is 10.6 Å². The Morgan fingerprint density at radius 1 is 0.974 bits per heavy atom. The number of aromatic nitrogens is 5. The third kappa shape index (κ3) is 4.33. The van der Waals surface area contributed by atoms with Gasteiger partial charge in [-0.25, -0.2) is 33.1 Å². The van der Waals surface area contributed by atoms with Gasteiger partial charge < -0.3 is 14.8 Å². The maximum absolute atomic E-state index is 15.0. The van der Waals surface area contributed by atoms with Gasteiger partial charge in [-0.15, -0.1) is 0 Å². The largest absolute Gasteiger partial charge is 0.322 e. The predicted octanol–water partition coefficient (Wildman–Crippen LogP) is 4.65. The number of benzene rings is 1.